The van der Waals surface area contributed by atoms with E-state index in [1.54, 1.807) is 0 Å². The Bertz CT molecular complexity index is 570. The van der Waals surface area contributed by atoms with E-state index in [-0.39, 0.29) is 29.6 Å². The molecule has 0 unspecified atom stereocenters. The van der Waals surface area contributed by atoms with Crippen molar-refractivity contribution in [3.8, 4) is 0 Å². The quantitative estimate of drug-likeness (QED) is 0.627. The smallest absolute Gasteiger partial charge is 0.337 e. The number of esters is 2. The Morgan fingerprint density at radius 1 is 1.27 bits per heavy atom. The number of hydrogen-bond donors (Lipinski definition) is 1. The molecule has 0 fully saturated rings. The molecule has 0 bridgehead atoms. The maximum absolute atomic E-state index is 12.6. The van der Waals surface area contributed by atoms with Crippen molar-refractivity contribution in [3.05, 3.63) is 23.0 Å². The minimum Gasteiger partial charge on any atom is -0.511 e. The fraction of sp³-hybridized carbons (Fsp3) is 0.647. The molecule has 2 atom stereocenters. The second kappa shape index (κ2) is 5.45. The zero-order valence-electron chi connectivity index (χ0n) is 13.9. The highest BCUT2D eigenvalue weighted by molar-refractivity contribution is 5.92. The molecule has 5 heteroatoms. The first-order chi connectivity index (χ1) is 10.2. The van der Waals surface area contributed by atoms with Crippen molar-refractivity contribution in [2.75, 3.05) is 14.2 Å². The lowest BCUT2D eigenvalue weighted by Crippen LogP contribution is -2.51. The second-order valence-corrected chi connectivity index (χ2v) is 6.83. The Morgan fingerprint density at radius 3 is 2.45 bits per heavy atom. The number of aliphatic hydroxyl groups excluding tert-OH is 1. The maximum Gasteiger partial charge on any atom is 0.337 e. The molecule has 5 nitrogen and oxygen atoms in total. The SMILES string of the molecule is COC(=O)C1=C(O)C(C)(C)[C@@H]2CCC(C)=C[C@@]2(C(=O)OC)C1. The van der Waals surface area contributed by atoms with Gasteiger partial charge < -0.3 is 14.6 Å². The molecule has 0 spiro atoms. The summed E-state index contributed by atoms with van der Waals surface area (Å²) in [4.78, 5) is 24.7. The molecular formula is C17H24O5. The molecule has 0 aromatic carbocycles. The lowest BCUT2D eigenvalue weighted by molar-refractivity contribution is -0.158. The van der Waals surface area contributed by atoms with Gasteiger partial charge in [0.05, 0.1) is 25.2 Å². The Labute approximate surface area is 131 Å². The molecule has 22 heavy (non-hydrogen) atoms. The van der Waals surface area contributed by atoms with Gasteiger partial charge in [-0.25, -0.2) is 4.79 Å². The molecule has 2 aliphatic rings. The second-order valence-electron chi connectivity index (χ2n) is 6.83. The van der Waals surface area contributed by atoms with Gasteiger partial charge >= 0.3 is 11.9 Å². The molecule has 0 aromatic heterocycles. The van der Waals surface area contributed by atoms with Crippen LogP contribution in [-0.2, 0) is 19.1 Å². The summed E-state index contributed by atoms with van der Waals surface area (Å²) in [5, 5.41) is 10.6. The van der Waals surface area contributed by atoms with E-state index in [4.69, 9.17) is 9.47 Å². The third-order valence-electron chi connectivity index (χ3n) is 5.19. The molecule has 0 amide bonds. The molecule has 0 radical (unpaired) electrons. The van der Waals surface area contributed by atoms with Crippen molar-refractivity contribution in [1.29, 1.82) is 0 Å². The van der Waals surface area contributed by atoms with Crippen LogP contribution >= 0.6 is 0 Å². The van der Waals surface area contributed by atoms with E-state index in [1.807, 2.05) is 26.8 Å². The van der Waals surface area contributed by atoms with Crippen molar-refractivity contribution in [1.82, 2.24) is 0 Å². The van der Waals surface area contributed by atoms with Gasteiger partial charge in [0.15, 0.2) is 0 Å². The lowest BCUT2D eigenvalue weighted by atomic mass is 9.52. The Kier molecular flexibility index (Phi) is 4.11. The van der Waals surface area contributed by atoms with Crippen molar-refractivity contribution in [3.63, 3.8) is 0 Å². The molecule has 122 valence electrons. The van der Waals surface area contributed by atoms with E-state index in [1.165, 1.54) is 14.2 Å². The van der Waals surface area contributed by atoms with Crippen LogP contribution in [0.2, 0.25) is 0 Å². The maximum atomic E-state index is 12.6. The molecule has 0 heterocycles. The number of allylic oxidation sites excluding steroid dienone is 2. The predicted molar refractivity (Wildman–Crippen MR) is 81.0 cm³/mol. The molecule has 0 aromatic rings. The summed E-state index contributed by atoms with van der Waals surface area (Å²) in [6.07, 6.45) is 3.67. The van der Waals surface area contributed by atoms with Gasteiger partial charge in [0, 0.05) is 11.8 Å². The summed E-state index contributed by atoms with van der Waals surface area (Å²) in [5.74, 6) is -1.05. The standard InChI is InChI=1S/C17H24O5/c1-10-6-7-12-16(2,3)13(18)11(14(19)21-4)9-17(12,8-10)15(20)22-5/h8,12,18H,6-7,9H2,1-5H3/t12-,17+/m0/s1. The first-order valence-corrected chi connectivity index (χ1v) is 7.48. The summed E-state index contributed by atoms with van der Waals surface area (Å²) in [6.45, 7) is 5.70. The third-order valence-corrected chi connectivity index (χ3v) is 5.19. The molecule has 0 saturated heterocycles. The number of hydrogen-bond acceptors (Lipinski definition) is 5. The van der Waals surface area contributed by atoms with Crippen LogP contribution in [0.1, 0.15) is 40.0 Å². The van der Waals surface area contributed by atoms with E-state index in [2.05, 4.69) is 0 Å². The van der Waals surface area contributed by atoms with Crippen LogP contribution in [0.4, 0.5) is 0 Å². The summed E-state index contributed by atoms with van der Waals surface area (Å²) >= 11 is 0. The van der Waals surface area contributed by atoms with Crippen LogP contribution in [0.15, 0.2) is 23.0 Å². The van der Waals surface area contributed by atoms with Gasteiger partial charge in [-0.3, -0.25) is 4.79 Å². The van der Waals surface area contributed by atoms with Crippen LogP contribution in [0.25, 0.3) is 0 Å². The van der Waals surface area contributed by atoms with Gasteiger partial charge in [0.2, 0.25) is 0 Å². The Balaban J connectivity index is 2.68. The van der Waals surface area contributed by atoms with Crippen molar-refractivity contribution in [2.45, 2.75) is 40.0 Å². The van der Waals surface area contributed by atoms with Gasteiger partial charge in [-0.05, 0) is 25.7 Å². The number of aliphatic hydroxyl groups is 1. The Morgan fingerprint density at radius 2 is 1.91 bits per heavy atom. The summed E-state index contributed by atoms with van der Waals surface area (Å²) in [5.41, 5.74) is -0.355. The number of methoxy groups -OCH3 is 2. The van der Waals surface area contributed by atoms with Gasteiger partial charge in [0.1, 0.15) is 5.76 Å². The lowest BCUT2D eigenvalue weighted by Gasteiger charge is -2.51. The van der Waals surface area contributed by atoms with E-state index in [0.29, 0.717) is 0 Å². The highest BCUT2D eigenvalue weighted by Crippen LogP contribution is 2.58. The first kappa shape index (κ1) is 16.6. The highest BCUT2D eigenvalue weighted by atomic mass is 16.5. The molecule has 0 saturated carbocycles. The molecular weight excluding hydrogens is 284 g/mol. The van der Waals surface area contributed by atoms with Crippen molar-refractivity contribution in [2.24, 2.45) is 16.7 Å². The first-order valence-electron chi connectivity index (χ1n) is 7.48. The molecule has 2 rings (SSSR count). The number of carbonyl (C=O) groups excluding carboxylic acids is 2. The van der Waals surface area contributed by atoms with Crippen LogP contribution in [-0.4, -0.2) is 31.3 Å². The summed E-state index contributed by atoms with van der Waals surface area (Å²) < 4.78 is 9.84. The number of ether oxygens (including phenoxy) is 2. The van der Waals surface area contributed by atoms with Gasteiger partial charge in [-0.2, -0.15) is 0 Å². The summed E-state index contributed by atoms with van der Waals surface area (Å²) in [7, 11) is 2.63. The van der Waals surface area contributed by atoms with Crippen molar-refractivity contribution < 1.29 is 24.2 Å². The van der Waals surface area contributed by atoms with Crippen LogP contribution < -0.4 is 0 Å². The third kappa shape index (κ3) is 2.23. The van der Waals surface area contributed by atoms with Gasteiger partial charge in [-0.1, -0.05) is 25.5 Å². The number of carbonyl (C=O) groups is 2. The normalized spacial score (nSPS) is 30.2. The number of fused-ring (bicyclic) bond motifs is 1. The fourth-order valence-electron chi connectivity index (χ4n) is 4.11. The van der Waals surface area contributed by atoms with E-state index < -0.39 is 16.8 Å². The van der Waals surface area contributed by atoms with E-state index >= 15 is 0 Å². The average molecular weight is 308 g/mol. The van der Waals surface area contributed by atoms with E-state index in [0.717, 1.165) is 18.4 Å². The largest absolute Gasteiger partial charge is 0.511 e. The fourth-order valence-corrected chi connectivity index (χ4v) is 4.11. The topological polar surface area (TPSA) is 72.8 Å². The Hall–Kier alpha value is -1.78. The van der Waals surface area contributed by atoms with Crippen LogP contribution in [0.3, 0.4) is 0 Å². The predicted octanol–water partition coefficient (Wildman–Crippen LogP) is 2.92. The van der Waals surface area contributed by atoms with Crippen LogP contribution in [0.5, 0.6) is 0 Å². The highest BCUT2D eigenvalue weighted by Gasteiger charge is 2.58. The van der Waals surface area contributed by atoms with E-state index in [9.17, 15) is 14.7 Å². The van der Waals surface area contributed by atoms with Gasteiger partial charge in [0.25, 0.3) is 0 Å². The average Bonchev–Trinajstić information content (AvgIpc) is 2.49. The van der Waals surface area contributed by atoms with Crippen molar-refractivity contribution >= 4 is 11.9 Å². The molecule has 2 aliphatic carbocycles. The summed E-state index contributed by atoms with van der Waals surface area (Å²) in [6, 6.07) is 0. The minimum atomic E-state index is -0.920. The zero-order chi connectivity index (χ0) is 16.7. The number of rotatable bonds is 2. The monoisotopic (exact) mass is 308 g/mol. The molecule has 0 aliphatic heterocycles. The van der Waals surface area contributed by atoms with Gasteiger partial charge in [-0.15, -0.1) is 0 Å². The zero-order valence-corrected chi connectivity index (χ0v) is 13.9. The molecule has 1 N–H and O–H groups in total. The minimum absolute atomic E-state index is 0.0248. The van der Waals surface area contributed by atoms with Crippen LogP contribution in [0, 0.1) is 16.7 Å².